The minimum atomic E-state index is -6.04. The highest BCUT2D eigenvalue weighted by atomic mass is 35.5. The van der Waals surface area contributed by atoms with Crippen LogP contribution in [-0.2, 0) is 6.18 Å². The first-order valence-electron chi connectivity index (χ1n) is 5.10. The van der Waals surface area contributed by atoms with Gasteiger partial charge in [0.1, 0.15) is 5.75 Å². The van der Waals surface area contributed by atoms with Crippen LogP contribution in [0.15, 0.2) is 12.1 Å². The van der Waals surface area contributed by atoms with Crippen molar-refractivity contribution >= 4 is 17.3 Å². The normalized spacial score (nSPS) is 14.8. The third-order valence-corrected chi connectivity index (χ3v) is 2.56. The van der Waals surface area contributed by atoms with Crippen molar-refractivity contribution in [2.75, 3.05) is 5.73 Å². The molecule has 0 fully saturated rings. The van der Waals surface area contributed by atoms with Gasteiger partial charge in [0.25, 0.3) is 6.17 Å². The van der Waals surface area contributed by atoms with Crippen molar-refractivity contribution in [3.8, 4) is 5.75 Å². The first kappa shape index (κ1) is 18.5. The zero-order chi connectivity index (χ0) is 17.5. The number of nitrogens with two attached hydrogens (primary N) is 1. The molecule has 0 amide bonds. The first-order chi connectivity index (χ1) is 9.66. The minimum Gasteiger partial charge on any atom is -0.429 e. The average molecular weight is 362 g/mol. The molecule has 0 spiro atoms. The van der Waals surface area contributed by atoms with E-state index in [9.17, 15) is 39.5 Å². The zero-order valence-electron chi connectivity index (χ0n) is 10.00. The number of ether oxygens (including phenoxy) is 1. The summed E-state index contributed by atoms with van der Waals surface area (Å²) in [5.41, 5.74) is 2.44. The van der Waals surface area contributed by atoms with Crippen LogP contribution in [0.5, 0.6) is 5.75 Å². The topological polar surface area (TPSA) is 35.2 Å². The summed E-state index contributed by atoms with van der Waals surface area (Å²) in [4.78, 5) is 0. The second-order valence-corrected chi connectivity index (χ2v) is 4.34. The Bertz CT molecular complexity index is 555. The molecule has 1 rings (SSSR count). The Hall–Kier alpha value is -1.52. The van der Waals surface area contributed by atoms with Crippen LogP contribution < -0.4 is 10.5 Å². The lowest BCUT2D eigenvalue weighted by Crippen LogP contribution is -2.45. The maximum atomic E-state index is 13.0. The molecule has 0 saturated carbocycles. The maximum absolute atomic E-state index is 13.0. The van der Waals surface area contributed by atoms with Crippen molar-refractivity contribution in [2.45, 2.75) is 24.6 Å². The molecule has 1 aromatic carbocycles. The SMILES string of the molecule is Nc1cc(C(F)(F)F)c(OC(F)(F)C(F)C(F)(F)F)cc1Cl. The summed E-state index contributed by atoms with van der Waals surface area (Å²) in [6, 6.07) is 0.200. The molecule has 0 heterocycles. The number of hydrogen-bond donors (Lipinski definition) is 1. The molecule has 1 unspecified atom stereocenters. The molecular formula is C10H5ClF9NO. The van der Waals surface area contributed by atoms with Gasteiger partial charge in [0.15, 0.2) is 0 Å². The van der Waals surface area contributed by atoms with E-state index in [1.165, 1.54) is 0 Å². The van der Waals surface area contributed by atoms with Gasteiger partial charge in [-0.25, -0.2) is 4.39 Å². The molecule has 2 nitrogen and oxygen atoms in total. The molecule has 0 radical (unpaired) electrons. The molecule has 0 aliphatic heterocycles. The van der Waals surface area contributed by atoms with E-state index in [1.54, 1.807) is 0 Å². The van der Waals surface area contributed by atoms with Crippen LogP contribution in [0.25, 0.3) is 0 Å². The molecule has 0 aromatic heterocycles. The number of nitrogen functional groups attached to an aromatic ring is 1. The summed E-state index contributed by atoms with van der Waals surface area (Å²) < 4.78 is 116. The number of rotatable bonds is 3. The van der Waals surface area contributed by atoms with Crippen LogP contribution in [0, 0.1) is 0 Å². The summed E-state index contributed by atoms with van der Waals surface area (Å²) in [5.74, 6) is -1.79. The summed E-state index contributed by atoms with van der Waals surface area (Å²) in [7, 11) is 0. The highest BCUT2D eigenvalue weighted by Crippen LogP contribution is 2.44. The Kier molecular flexibility index (Phi) is 4.71. The van der Waals surface area contributed by atoms with Gasteiger partial charge in [0, 0.05) is 6.07 Å². The van der Waals surface area contributed by atoms with E-state index in [1.807, 2.05) is 0 Å². The predicted molar refractivity (Wildman–Crippen MR) is 57.4 cm³/mol. The van der Waals surface area contributed by atoms with Crippen molar-refractivity contribution in [3.63, 3.8) is 0 Å². The Morgan fingerprint density at radius 1 is 1.00 bits per heavy atom. The van der Waals surface area contributed by atoms with Gasteiger partial charge in [-0.15, -0.1) is 0 Å². The van der Waals surface area contributed by atoms with E-state index in [-0.39, 0.29) is 12.1 Å². The van der Waals surface area contributed by atoms with Crippen molar-refractivity contribution < 1.29 is 44.3 Å². The van der Waals surface area contributed by atoms with Crippen molar-refractivity contribution in [1.29, 1.82) is 0 Å². The molecule has 1 aromatic rings. The van der Waals surface area contributed by atoms with Gasteiger partial charge in [-0.05, 0) is 6.07 Å². The number of hydrogen-bond acceptors (Lipinski definition) is 2. The molecule has 2 N–H and O–H groups in total. The average Bonchev–Trinajstić information content (AvgIpc) is 2.29. The predicted octanol–water partition coefficient (Wildman–Crippen LogP) is 4.81. The Morgan fingerprint density at radius 2 is 1.50 bits per heavy atom. The zero-order valence-corrected chi connectivity index (χ0v) is 10.8. The van der Waals surface area contributed by atoms with Crippen LogP contribution >= 0.6 is 11.6 Å². The van der Waals surface area contributed by atoms with Gasteiger partial charge in [-0.1, -0.05) is 11.6 Å². The Morgan fingerprint density at radius 3 is 1.91 bits per heavy atom. The lowest BCUT2D eigenvalue weighted by atomic mass is 10.1. The second kappa shape index (κ2) is 5.60. The molecule has 0 aliphatic carbocycles. The summed E-state index contributed by atoms with van der Waals surface area (Å²) in [6.07, 6.45) is -21.8. The van der Waals surface area contributed by atoms with Gasteiger partial charge >= 0.3 is 18.5 Å². The number of anilines is 1. The van der Waals surface area contributed by atoms with Gasteiger partial charge in [-0.3, -0.25) is 0 Å². The van der Waals surface area contributed by atoms with Gasteiger partial charge in [0.2, 0.25) is 0 Å². The van der Waals surface area contributed by atoms with Gasteiger partial charge in [-0.2, -0.15) is 35.1 Å². The third-order valence-electron chi connectivity index (χ3n) is 2.23. The summed E-state index contributed by atoms with van der Waals surface area (Å²) in [6.45, 7) is 0. The molecule has 0 saturated heterocycles. The van der Waals surface area contributed by atoms with E-state index in [4.69, 9.17) is 17.3 Å². The Labute approximate surface area is 121 Å². The summed E-state index contributed by atoms with van der Waals surface area (Å²) in [5, 5.41) is -0.693. The van der Waals surface area contributed by atoms with E-state index in [0.29, 0.717) is 0 Å². The fraction of sp³-hybridized carbons (Fsp3) is 0.400. The standard InChI is InChI=1S/C10H5ClF9NO/c11-4-2-6(3(1-5(4)21)8(13,14)15)22-10(19,20)7(12)9(16,17)18/h1-2,7H,21H2. The Balaban J connectivity index is 3.30. The smallest absolute Gasteiger partial charge is 0.429 e. The minimum absolute atomic E-state index is 0.0779. The van der Waals surface area contributed by atoms with Crippen LogP contribution in [0.2, 0.25) is 5.02 Å². The highest BCUT2D eigenvalue weighted by molar-refractivity contribution is 6.33. The summed E-state index contributed by atoms with van der Waals surface area (Å²) >= 11 is 5.30. The molecule has 0 bridgehead atoms. The number of benzene rings is 1. The first-order valence-corrected chi connectivity index (χ1v) is 5.48. The van der Waals surface area contributed by atoms with Gasteiger partial charge < -0.3 is 10.5 Å². The van der Waals surface area contributed by atoms with Crippen LogP contribution in [0.4, 0.5) is 45.2 Å². The lowest BCUT2D eigenvalue weighted by Gasteiger charge is -2.25. The fourth-order valence-electron chi connectivity index (χ4n) is 1.27. The second-order valence-electron chi connectivity index (χ2n) is 3.94. The molecule has 22 heavy (non-hydrogen) atoms. The molecule has 0 aliphatic rings. The van der Waals surface area contributed by atoms with Gasteiger partial charge in [0.05, 0.1) is 16.3 Å². The van der Waals surface area contributed by atoms with Crippen LogP contribution in [0.1, 0.15) is 5.56 Å². The third kappa shape index (κ3) is 4.02. The van der Waals surface area contributed by atoms with Crippen LogP contribution in [-0.4, -0.2) is 18.5 Å². The van der Waals surface area contributed by atoms with Crippen molar-refractivity contribution in [2.24, 2.45) is 0 Å². The molecule has 1 atom stereocenters. The van der Waals surface area contributed by atoms with Crippen LogP contribution in [0.3, 0.4) is 0 Å². The monoisotopic (exact) mass is 361 g/mol. The van der Waals surface area contributed by atoms with E-state index < -0.39 is 46.7 Å². The number of alkyl halides is 9. The quantitative estimate of drug-likeness (QED) is 0.619. The van der Waals surface area contributed by atoms with Crippen molar-refractivity contribution in [3.05, 3.63) is 22.7 Å². The van der Waals surface area contributed by atoms with E-state index >= 15 is 0 Å². The lowest BCUT2D eigenvalue weighted by molar-refractivity contribution is -0.305. The highest BCUT2D eigenvalue weighted by Gasteiger charge is 2.59. The number of halogens is 10. The van der Waals surface area contributed by atoms with Crippen molar-refractivity contribution in [1.82, 2.24) is 0 Å². The molecular weight excluding hydrogens is 357 g/mol. The molecule has 126 valence electrons. The van der Waals surface area contributed by atoms with E-state index in [2.05, 4.69) is 4.74 Å². The fourth-order valence-corrected chi connectivity index (χ4v) is 1.42. The maximum Gasteiger partial charge on any atom is 0.439 e. The largest absolute Gasteiger partial charge is 0.439 e. The van der Waals surface area contributed by atoms with E-state index in [0.717, 1.165) is 0 Å². The molecule has 12 heteroatoms.